The molecule has 0 radical (unpaired) electrons. The van der Waals surface area contributed by atoms with Gasteiger partial charge in [0.1, 0.15) is 12.4 Å². The molecule has 2 aromatic rings. The van der Waals surface area contributed by atoms with Gasteiger partial charge in [0.15, 0.2) is 0 Å². The van der Waals surface area contributed by atoms with Gasteiger partial charge in [0.05, 0.1) is 6.26 Å². The average molecular weight is 287 g/mol. The summed E-state index contributed by atoms with van der Waals surface area (Å²) in [6.45, 7) is 6.75. The maximum atomic E-state index is 5.59. The van der Waals surface area contributed by atoms with Crippen LogP contribution in [0.5, 0.6) is 0 Å². The lowest BCUT2D eigenvalue weighted by Gasteiger charge is -2.23. The zero-order valence-electron chi connectivity index (χ0n) is 12.9. The molecule has 0 aliphatic heterocycles. The van der Waals surface area contributed by atoms with E-state index in [1.54, 1.807) is 6.26 Å². The van der Waals surface area contributed by atoms with Gasteiger partial charge in [0.25, 0.3) is 0 Å². The fourth-order valence-electron chi connectivity index (χ4n) is 2.40. The summed E-state index contributed by atoms with van der Waals surface area (Å²) in [5.74, 6) is 1.45. The Balaban J connectivity index is 1.66. The van der Waals surface area contributed by atoms with Crippen molar-refractivity contribution in [3.8, 4) is 0 Å². The van der Waals surface area contributed by atoms with Crippen LogP contribution in [0.4, 0.5) is 0 Å². The van der Waals surface area contributed by atoms with E-state index in [0.717, 1.165) is 25.3 Å². The third-order valence-electron chi connectivity index (χ3n) is 3.48. The van der Waals surface area contributed by atoms with Crippen molar-refractivity contribution in [2.24, 2.45) is 5.92 Å². The van der Waals surface area contributed by atoms with E-state index in [1.165, 1.54) is 5.56 Å². The third-order valence-corrected chi connectivity index (χ3v) is 3.48. The van der Waals surface area contributed by atoms with Gasteiger partial charge in [-0.05, 0) is 36.6 Å². The number of benzene rings is 1. The summed E-state index contributed by atoms with van der Waals surface area (Å²) >= 11 is 0. The van der Waals surface area contributed by atoms with Crippen LogP contribution < -0.4 is 5.32 Å². The monoisotopic (exact) mass is 287 g/mol. The van der Waals surface area contributed by atoms with Gasteiger partial charge in [0, 0.05) is 12.6 Å². The molecule has 1 N–H and O–H groups in total. The number of hydrogen-bond donors (Lipinski definition) is 1. The molecule has 2 rings (SSSR count). The standard InChI is InChI=1S/C18H25NO2/c1-15(2)18(16-8-4-3-5-9-16)19-11-7-12-20-14-17-10-6-13-21-17/h3-6,8-10,13,15,18-19H,7,11-12,14H2,1-2H3. The first-order chi connectivity index (χ1) is 10.3. The highest BCUT2D eigenvalue weighted by molar-refractivity contribution is 5.19. The van der Waals surface area contributed by atoms with Crippen LogP contribution in [0.3, 0.4) is 0 Å². The van der Waals surface area contributed by atoms with Crippen LogP contribution in [-0.2, 0) is 11.3 Å². The second-order valence-electron chi connectivity index (χ2n) is 5.57. The average Bonchev–Trinajstić information content (AvgIpc) is 3.00. The highest BCUT2D eigenvalue weighted by Gasteiger charge is 2.14. The van der Waals surface area contributed by atoms with Crippen molar-refractivity contribution >= 4 is 0 Å². The molecule has 1 heterocycles. The van der Waals surface area contributed by atoms with Gasteiger partial charge in [-0.1, -0.05) is 44.2 Å². The lowest BCUT2D eigenvalue weighted by atomic mass is 9.96. The first-order valence-corrected chi connectivity index (χ1v) is 7.66. The quantitative estimate of drug-likeness (QED) is 0.703. The van der Waals surface area contributed by atoms with Gasteiger partial charge in [-0.15, -0.1) is 0 Å². The molecule has 0 aliphatic carbocycles. The normalized spacial score (nSPS) is 12.7. The van der Waals surface area contributed by atoms with Gasteiger partial charge < -0.3 is 14.5 Å². The van der Waals surface area contributed by atoms with Crippen LogP contribution in [0.2, 0.25) is 0 Å². The summed E-state index contributed by atoms with van der Waals surface area (Å²) in [6.07, 6.45) is 2.67. The molecule has 0 fully saturated rings. The van der Waals surface area contributed by atoms with E-state index in [9.17, 15) is 0 Å². The molecule has 0 spiro atoms. The Morgan fingerprint density at radius 1 is 1.10 bits per heavy atom. The highest BCUT2D eigenvalue weighted by atomic mass is 16.5. The number of ether oxygens (including phenoxy) is 1. The van der Waals surface area contributed by atoms with E-state index in [2.05, 4.69) is 49.5 Å². The number of rotatable bonds is 9. The third kappa shape index (κ3) is 5.37. The molecule has 21 heavy (non-hydrogen) atoms. The van der Waals surface area contributed by atoms with Crippen LogP contribution in [0.15, 0.2) is 53.1 Å². The fourth-order valence-corrected chi connectivity index (χ4v) is 2.40. The Kier molecular flexibility index (Phi) is 6.51. The fraction of sp³-hybridized carbons (Fsp3) is 0.444. The zero-order chi connectivity index (χ0) is 14.9. The zero-order valence-corrected chi connectivity index (χ0v) is 12.9. The highest BCUT2D eigenvalue weighted by Crippen LogP contribution is 2.20. The Morgan fingerprint density at radius 3 is 2.57 bits per heavy atom. The predicted octanol–water partition coefficient (Wildman–Crippen LogP) is 4.17. The molecule has 3 heteroatoms. The Labute approximate surface area is 127 Å². The molecule has 1 unspecified atom stereocenters. The molecule has 3 nitrogen and oxygen atoms in total. The molecular formula is C18H25NO2. The summed E-state index contributed by atoms with van der Waals surface area (Å²) in [4.78, 5) is 0. The largest absolute Gasteiger partial charge is 0.467 e. The maximum absolute atomic E-state index is 5.59. The topological polar surface area (TPSA) is 34.4 Å². The van der Waals surface area contributed by atoms with E-state index in [-0.39, 0.29) is 0 Å². The van der Waals surface area contributed by atoms with Crippen molar-refractivity contribution in [1.82, 2.24) is 5.32 Å². The molecule has 0 aliphatic rings. The van der Waals surface area contributed by atoms with Crippen molar-refractivity contribution in [2.45, 2.75) is 32.9 Å². The van der Waals surface area contributed by atoms with Crippen LogP contribution in [0, 0.1) is 5.92 Å². The molecule has 0 saturated carbocycles. The van der Waals surface area contributed by atoms with Gasteiger partial charge in [0.2, 0.25) is 0 Å². The summed E-state index contributed by atoms with van der Waals surface area (Å²) in [7, 11) is 0. The lowest BCUT2D eigenvalue weighted by Crippen LogP contribution is -2.27. The second kappa shape index (κ2) is 8.65. The first kappa shape index (κ1) is 15.8. The van der Waals surface area contributed by atoms with Crippen molar-refractivity contribution in [3.63, 3.8) is 0 Å². The van der Waals surface area contributed by atoms with Crippen molar-refractivity contribution in [2.75, 3.05) is 13.2 Å². The van der Waals surface area contributed by atoms with E-state index < -0.39 is 0 Å². The van der Waals surface area contributed by atoms with Crippen LogP contribution in [-0.4, -0.2) is 13.2 Å². The van der Waals surface area contributed by atoms with Crippen LogP contribution in [0.1, 0.15) is 37.6 Å². The molecule has 0 saturated heterocycles. The van der Waals surface area contributed by atoms with Crippen LogP contribution in [0.25, 0.3) is 0 Å². The van der Waals surface area contributed by atoms with Crippen molar-refractivity contribution < 1.29 is 9.15 Å². The maximum Gasteiger partial charge on any atom is 0.129 e. The van der Waals surface area contributed by atoms with Gasteiger partial charge in [-0.3, -0.25) is 0 Å². The minimum atomic E-state index is 0.399. The number of nitrogens with one attached hydrogen (secondary N) is 1. The summed E-state index contributed by atoms with van der Waals surface area (Å²) in [6, 6.07) is 14.8. The van der Waals surface area contributed by atoms with Gasteiger partial charge >= 0.3 is 0 Å². The summed E-state index contributed by atoms with van der Waals surface area (Å²) in [5.41, 5.74) is 1.35. The molecule has 114 valence electrons. The Morgan fingerprint density at radius 2 is 1.90 bits per heavy atom. The Hall–Kier alpha value is -1.58. The molecule has 0 amide bonds. The number of hydrogen-bond acceptors (Lipinski definition) is 3. The van der Waals surface area contributed by atoms with Crippen LogP contribution >= 0.6 is 0 Å². The van der Waals surface area contributed by atoms with Gasteiger partial charge in [-0.25, -0.2) is 0 Å². The first-order valence-electron chi connectivity index (χ1n) is 7.66. The molecule has 1 aromatic carbocycles. The second-order valence-corrected chi connectivity index (χ2v) is 5.57. The Bertz CT molecular complexity index is 479. The number of furan rings is 1. The predicted molar refractivity (Wildman–Crippen MR) is 85.0 cm³/mol. The SMILES string of the molecule is CC(C)C(NCCCOCc1ccco1)c1ccccc1. The lowest BCUT2D eigenvalue weighted by molar-refractivity contribution is 0.103. The van der Waals surface area contributed by atoms with E-state index >= 15 is 0 Å². The van der Waals surface area contributed by atoms with Crippen molar-refractivity contribution in [3.05, 3.63) is 60.1 Å². The molecule has 0 bridgehead atoms. The van der Waals surface area contributed by atoms with E-state index in [4.69, 9.17) is 9.15 Å². The minimum absolute atomic E-state index is 0.399. The summed E-state index contributed by atoms with van der Waals surface area (Å²) < 4.78 is 10.8. The summed E-state index contributed by atoms with van der Waals surface area (Å²) in [5, 5.41) is 3.63. The van der Waals surface area contributed by atoms with Gasteiger partial charge in [-0.2, -0.15) is 0 Å². The van der Waals surface area contributed by atoms with Crippen molar-refractivity contribution in [1.29, 1.82) is 0 Å². The minimum Gasteiger partial charge on any atom is -0.467 e. The molecule has 1 atom stereocenters. The van der Waals surface area contributed by atoms with E-state index in [0.29, 0.717) is 18.6 Å². The molecular weight excluding hydrogens is 262 g/mol. The smallest absolute Gasteiger partial charge is 0.129 e. The molecule has 1 aromatic heterocycles. The van der Waals surface area contributed by atoms with E-state index in [1.807, 2.05) is 12.1 Å².